The van der Waals surface area contributed by atoms with Crippen molar-refractivity contribution in [3.63, 3.8) is 0 Å². The van der Waals surface area contributed by atoms with E-state index in [-0.39, 0.29) is 35.8 Å². The molecule has 32 heavy (non-hydrogen) atoms. The SMILES string of the molecule is CCOC(=O)C1CCN(S(=O)(=O)c2cc(-c3nc(-c4cccc(Cl)c4)no3)sc2C)CC1. The molecule has 0 bridgehead atoms. The van der Waals surface area contributed by atoms with E-state index in [1.54, 1.807) is 38.1 Å². The Labute approximate surface area is 195 Å². The lowest BCUT2D eigenvalue weighted by Crippen LogP contribution is -2.40. The number of nitrogens with zero attached hydrogens (tertiary/aromatic N) is 3. The number of thiophene rings is 1. The maximum atomic E-state index is 13.3. The molecule has 0 spiro atoms. The third kappa shape index (κ3) is 4.59. The number of hydrogen-bond acceptors (Lipinski definition) is 8. The molecule has 170 valence electrons. The molecule has 0 N–H and O–H groups in total. The Hall–Kier alpha value is -2.27. The third-order valence-corrected chi connectivity index (χ3v) is 8.71. The highest BCUT2D eigenvalue weighted by molar-refractivity contribution is 7.89. The molecular weight excluding hydrogens is 474 g/mol. The second-order valence-electron chi connectivity index (χ2n) is 7.39. The molecule has 0 unspecified atom stereocenters. The summed E-state index contributed by atoms with van der Waals surface area (Å²) < 4.78 is 38.4. The lowest BCUT2D eigenvalue weighted by molar-refractivity contribution is -0.149. The summed E-state index contributed by atoms with van der Waals surface area (Å²) in [5, 5.41) is 4.55. The second-order valence-corrected chi connectivity index (χ2v) is 11.0. The van der Waals surface area contributed by atoms with Gasteiger partial charge in [-0.05, 0) is 44.9 Å². The summed E-state index contributed by atoms with van der Waals surface area (Å²) in [4.78, 5) is 17.8. The van der Waals surface area contributed by atoms with Crippen molar-refractivity contribution in [2.45, 2.75) is 31.6 Å². The van der Waals surface area contributed by atoms with E-state index in [1.807, 2.05) is 6.07 Å². The summed E-state index contributed by atoms with van der Waals surface area (Å²) in [6.07, 6.45) is 0.890. The lowest BCUT2D eigenvalue weighted by Gasteiger charge is -2.30. The van der Waals surface area contributed by atoms with Crippen molar-refractivity contribution < 1.29 is 22.5 Å². The molecule has 3 heterocycles. The third-order valence-electron chi connectivity index (χ3n) is 5.28. The molecule has 4 rings (SSSR count). The van der Waals surface area contributed by atoms with Crippen LogP contribution in [-0.4, -0.2) is 48.5 Å². The van der Waals surface area contributed by atoms with Crippen molar-refractivity contribution >= 4 is 38.9 Å². The van der Waals surface area contributed by atoms with E-state index in [0.717, 1.165) is 0 Å². The first kappa shape index (κ1) is 22.9. The van der Waals surface area contributed by atoms with E-state index in [4.69, 9.17) is 20.9 Å². The van der Waals surface area contributed by atoms with Crippen LogP contribution in [0.1, 0.15) is 24.6 Å². The number of sulfonamides is 1. The first-order valence-electron chi connectivity index (χ1n) is 10.2. The molecule has 8 nitrogen and oxygen atoms in total. The topological polar surface area (TPSA) is 103 Å². The van der Waals surface area contributed by atoms with Gasteiger partial charge in [-0.3, -0.25) is 4.79 Å². The Kier molecular flexibility index (Phi) is 6.66. The van der Waals surface area contributed by atoms with E-state index in [9.17, 15) is 13.2 Å². The number of aromatic nitrogens is 2. The van der Waals surface area contributed by atoms with E-state index < -0.39 is 10.0 Å². The lowest BCUT2D eigenvalue weighted by atomic mass is 9.98. The van der Waals surface area contributed by atoms with E-state index in [2.05, 4.69) is 10.1 Å². The Morgan fingerprint density at radius 3 is 2.75 bits per heavy atom. The zero-order valence-electron chi connectivity index (χ0n) is 17.6. The summed E-state index contributed by atoms with van der Waals surface area (Å²) in [5.41, 5.74) is 0.707. The maximum absolute atomic E-state index is 13.3. The van der Waals surface area contributed by atoms with Crippen molar-refractivity contribution in [2.75, 3.05) is 19.7 Å². The molecule has 0 aliphatic carbocycles. The molecule has 3 aromatic rings. The molecule has 0 amide bonds. The molecule has 1 aromatic carbocycles. The minimum atomic E-state index is -3.71. The van der Waals surface area contributed by atoms with Crippen LogP contribution < -0.4 is 0 Å². The highest BCUT2D eigenvalue weighted by atomic mass is 35.5. The number of carbonyl (C=O) groups is 1. The number of rotatable bonds is 6. The highest BCUT2D eigenvalue weighted by Gasteiger charge is 2.34. The Balaban J connectivity index is 1.53. The van der Waals surface area contributed by atoms with Gasteiger partial charge in [-0.15, -0.1) is 11.3 Å². The smallest absolute Gasteiger partial charge is 0.309 e. The maximum Gasteiger partial charge on any atom is 0.309 e. The predicted molar refractivity (Wildman–Crippen MR) is 121 cm³/mol. The van der Waals surface area contributed by atoms with Crippen LogP contribution in [0.25, 0.3) is 22.2 Å². The first-order chi connectivity index (χ1) is 15.3. The summed E-state index contributed by atoms with van der Waals surface area (Å²) in [7, 11) is -3.71. The number of halogens is 1. The van der Waals surface area contributed by atoms with Gasteiger partial charge in [0.2, 0.25) is 15.8 Å². The quantitative estimate of drug-likeness (QED) is 0.467. The van der Waals surface area contributed by atoms with Gasteiger partial charge in [-0.2, -0.15) is 9.29 Å². The van der Waals surface area contributed by atoms with Crippen molar-refractivity contribution in [2.24, 2.45) is 5.92 Å². The Bertz CT molecular complexity index is 1230. The van der Waals surface area contributed by atoms with Gasteiger partial charge in [0, 0.05) is 28.6 Å². The fourth-order valence-electron chi connectivity index (χ4n) is 3.63. The molecular formula is C21H22ClN3O5S2. The number of aryl methyl sites for hydroxylation is 1. The Morgan fingerprint density at radius 1 is 1.31 bits per heavy atom. The minimum Gasteiger partial charge on any atom is -0.466 e. The van der Waals surface area contributed by atoms with Crippen LogP contribution in [-0.2, 0) is 19.6 Å². The number of hydrogen-bond donors (Lipinski definition) is 0. The molecule has 1 aliphatic rings. The fraction of sp³-hybridized carbons (Fsp3) is 0.381. The standard InChI is InChI=1S/C21H22ClN3O5S2/c1-3-29-21(26)14-7-9-25(10-8-14)32(27,28)18-12-17(31-13(18)2)20-23-19(24-30-20)15-5-4-6-16(22)11-15/h4-6,11-12,14H,3,7-10H2,1-2H3. The summed E-state index contributed by atoms with van der Waals surface area (Å²) in [5.74, 6) is 0.101. The van der Waals surface area contributed by atoms with Crippen LogP contribution in [0.4, 0.5) is 0 Å². The van der Waals surface area contributed by atoms with E-state index in [0.29, 0.717) is 45.6 Å². The van der Waals surface area contributed by atoms with Gasteiger partial charge in [0.25, 0.3) is 5.89 Å². The van der Waals surface area contributed by atoms with Gasteiger partial charge >= 0.3 is 5.97 Å². The largest absolute Gasteiger partial charge is 0.466 e. The minimum absolute atomic E-state index is 0.217. The van der Waals surface area contributed by atoms with Crippen molar-refractivity contribution in [1.82, 2.24) is 14.4 Å². The zero-order valence-corrected chi connectivity index (χ0v) is 20.0. The number of ether oxygens (including phenoxy) is 1. The average Bonchev–Trinajstić information content (AvgIpc) is 3.41. The van der Waals surface area contributed by atoms with Gasteiger partial charge < -0.3 is 9.26 Å². The van der Waals surface area contributed by atoms with Gasteiger partial charge in [0.15, 0.2) is 0 Å². The van der Waals surface area contributed by atoms with Crippen molar-refractivity contribution in [1.29, 1.82) is 0 Å². The summed E-state index contributed by atoms with van der Waals surface area (Å²) in [6, 6.07) is 8.66. The van der Waals surface area contributed by atoms with E-state index >= 15 is 0 Å². The zero-order chi connectivity index (χ0) is 22.9. The molecule has 1 aliphatic heterocycles. The van der Waals surface area contributed by atoms with Crippen LogP contribution >= 0.6 is 22.9 Å². The molecule has 2 aromatic heterocycles. The molecule has 0 atom stereocenters. The molecule has 1 saturated heterocycles. The van der Waals surface area contributed by atoms with Crippen LogP contribution in [0, 0.1) is 12.8 Å². The molecule has 0 saturated carbocycles. The highest BCUT2D eigenvalue weighted by Crippen LogP contribution is 2.36. The van der Waals surface area contributed by atoms with Crippen LogP contribution in [0.2, 0.25) is 5.02 Å². The van der Waals surface area contributed by atoms with Gasteiger partial charge in [-0.1, -0.05) is 28.9 Å². The van der Waals surface area contributed by atoms with Gasteiger partial charge in [0.05, 0.1) is 22.3 Å². The molecule has 11 heteroatoms. The summed E-state index contributed by atoms with van der Waals surface area (Å²) in [6.45, 7) is 4.38. The molecule has 1 fully saturated rings. The second kappa shape index (κ2) is 9.30. The number of carbonyl (C=O) groups excluding carboxylic acids is 1. The Morgan fingerprint density at radius 2 is 2.06 bits per heavy atom. The van der Waals surface area contributed by atoms with Crippen LogP contribution in [0.3, 0.4) is 0 Å². The van der Waals surface area contributed by atoms with Gasteiger partial charge in [-0.25, -0.2) is 8.42 Å². The number of esters is 1. The van der Waals surface area contributed by atoms with Crippen molar-refractivity contribution in [3.8, 4) is 22.2 Å². The molecule has 0 radical (unpaired) electrons. The number of benzene rings is 1. The van der Waals surface area contributed by atoms with Crippen LogP contribution in [0.15, 0.2) is 39.8 Å². The monoisotopic (exact) mass is 495 g/mol. The first-order valence-corrected chi connectivity index (χ1v) is 12.8. The van der Waals surface area contributed by atoms with Gasteiger partial charge in [0.1, 0.15) is 0 Å². The fourth-order valence-corrected chi connectivity index (χ4v) is 6.77. The van der Waals surface area contributed by atoms with Crippen molar-refractivity contribution in [3.05, 3.63) is 40.2 Å². The van der Waals surface area contributed by atoms with Crippen LogP contribution in [0.5, 0.6) is 0 Å². The van der Waals surface area contributed by atoms with E-state index in [1.165, 1.54) is 15.6 Å². The average molecular weight is 496 g/mol. The number of piperidine rings is 1. The normalized spacial score (nSPS) is 15.7. The predicted octanol–water partition coefficient (Wildman–Crippen LogP) is 4.39. The summed E-state index contributed by atoms with van der Waals surface area (Å²) >= 11 is 7.31.